The van der Waals surface area contributed by atoms with E-state index >= 15 is 0 Å². The molecule has 1 fully saturated rings. The molecule has 2 atom stereocenters. The van der Waals surface area contributed by atoms with Gasteiger partial charge in [-0.05, 0) is 18.8 Å². The molecule has 2 N–H and O–H groups in total. The molecule has 0 radical (unpaired) electrons. The smallest absolute Gasteiger partial charge is 0.227 e. The lowest BCUT2D eigenvalue weighted by Crippen LogP contribution is -2.42. The van der Waals surface area contributed by atoms with Crippen LogP contribution < -0.4 is 5.73 Å². The molecule has 0 aromatic rings. The summed E-state index contributed by atoms with van der Waals surface area (Å²) < 4.78 is 5.52. The minimum absolute atomic E-state index is 0.0635. The Balaban J connectivity index is 2.44. The second-order valence-corrected chi connectivity index (χ2v) is 4.94. The van der Waals surface area contributed by atoms with Crippen LogP contribution in [0.15, 0.2) is 0 Å². The molecule has 0 spiro atoms. The number of amides is 1. The molecular weight excluding hydrogens is 204 g/mol. The van der Waals surface area contributed by atoms with Gasteiger partial charge in [0.15, 0.2) is 0 Å². The molecule has 0 aromatic carbocycles. The Labute approximate surface area is 98.1 Å². The van der Waals surface area contributed by atoms with Gasteiger partial charge in [0.2, 0.25) is 5.91 Å². The third kappa shape index (κ3) is 3.46. The van der Waals surface area contributed by atoms with Crippen LogP contribution in [0.5, 0.6) is 0 Å². The summed E-state index contributed by atoms with van der Waals surface area (Å²) in [6.45, 7) is 6.02. The second kappa shape index (κ2) is 6.21. The summed E-state index contributed by atoms with van der Waals surface area (Å²) >= 11 is 0. The van der Waals surface area contributed by atoms with Crippen molar-refractivity contribution in [2.75, 3.05) is 26.7 Å². The summed E-state index contributed by atoms with van der Waals surface area (Å²) in [7, 11) is 1.84. The Morgan fingerprint density at radius 3 is 2.69 bits per heavy atom. The number of rotatable bonds is 5. The van der Waals surface area contributed by atoms with E-state index in [4.69, 9.17) is 10.5 Å². The molecular formula is C12H24N2O2. The van der Waals surface area contributed by atoms with E-state index in [1.54, 1.807) is 4.90 Å². The van der Waals surface area contributed by atoms with Crippen LogP contribution in [0.3, 0.4) is 0 Å². The molecule has 1 heterocycles. The Morgan fingerprint density at radius 1 is 1.56 bits per heavy atom. The molecule has 1 rings (SSSR count). The van der Waals surface area contributed by atoms with Crippen LogP contribution in [0.25, 0.3) is 0 Å². The Bertz CT molecular complexity index is 225. The van der Waals surface area contributed by atoms with E-state index in [-0.39, 0.29) is 17.9 Å². The monoisotopic (exact) mass is 228 g/mol. The minimum Gasteiger partial charge on any atom is -0.376 e. The Kier molecular flexibility index (Phi) is 5.22. The molecule has 0 bridgehead atoms. The maximum absolute atomic E-state index is 12.1. The van der Waals surface area contributed by atoms with Gasteiger partial charge in [-0.25, -0.2) is 0 Å². The molecule has 0 aliphatic carbocycles. The van der Waals surface area contributed by atoms with Crippen LogP contribution in [0, 0.1) is 11.8 Å². The fourth-order valence-electron chi connectivity index (χ4n) is 2.12. The lowest BCUT2D eigenvalue weighted by molar-refractivity contribution is -0.136. The van der Waals surface area contributed by atoms with Gasteiger partial charge in [-0.15, -0.1) is 0 Å². The molecule has 2 unspecified atom stereocenters. The van der Waals surface area contributed by atoms with Gasteiger partial charge in [-0.2, -0.15) is 0 Å². The molecule has 4 heteroatoms. The van der Waals surface area contributed by atoms with Crippen LogP contribution in [-0.4, -0.2) is 43.7 Å². The highest BCUT2D eigenvalue weighted by Crippen LogP contribution is 2.16. The number of likely N-dealkylation sites (N-methyl/N-ethyl adjacent to an activating group) is 1. The van der Waals surface area contributed by atoms with Gasteiger partial charge < -0.3 is 15.4 Å². The summed E-state index contributed by atoms with van der Waals surface area (Å²) in [6.07, 6.45) is 2.39. The number of hydrogen-bond donors (Lipinski definition) is 1. The topological polar surface area (TPSA) is 55.6 Å². The van der Waals surface area contributed by atoms with Crippen molar-refractivity contribution < 1.29 is 9.53 Å². The standard InChI is InChI=1S/C12H24N2O2/c1-9(2)11(7-13)12(15)14(3)8-10-5-4-6-16-10/h9-11H,4-8,13H2,1-3H3. The second-order valence-electron chi connectivity index (χ2n) is 4.94. The molecule has 1 aliphatic rings. The van der Waals surface area contributed by atoms with Gasteiger partial charge in [-0.3, -0.25) is 4.79 Å². The zero-order valence-electron chi connectivity index (χ0n) is 10.6. The summed E-state index contributed by atoms with van der Waals surface area (Å²) in [5.74, 6) is 0.379. The summed E-state index contributed by atoms with van der Waals surface area (Å²) in [4.78, 5) is 13.9. The van der Waals surface area contributed by atoms with Gasteiger partial charge in [-0.1, -0.05) is 13.8 Å². The maximum Gasteiger partial charge on any atom is 0.227 e. The van der Waals surface area contributed by atoms with E-state index in [1.807, 2.05) is 20.9 Å². The Hall–Kier alpha value is -0.610. The number of carbonyl (C=O) groups is 1. The van der Waals surface area contributed by atoms with E-state index in [2.05, 4.69) is 0 Å². The maximum atomic E-state index is 12.1. The van der Waals surface area contributed by atoms with Crippen molar-refractivity contribution in [1.29, 1.82) is 0 Å². The fraction of sp³-hybridized carbons (Fsp3) is 0.917. The molecule has 4 nitrogen and oxygen atoms in total. The van der Waals surface area contributed by atoms with Crippen LogP contribution in [0.4, 0.5) is 0 Å². The molecule has 1 aliphatic heterocycles. The van der Waals surface area contributed by atoms with Crippen molar-refractivity contribution in [3.63, 3.8) is 0 Å². The van der Waals surface area contributed by atoms with Crippen molar-refractivity contribution in [3.05, 3.63) is 0 Å². The highest BCUT2D eigenvalue weighted by atomic mass is 16.5. The van der Waals surface area contributed by atoms with Gasteiger partial charge in [0.1, 0.15) is 0 Å². The van der Waals surface area contributed by atoms with Crippen molar-refractivity contribution >= 4 is 5.91 Å². The number of hydrogen-bond acceptors (Lipinski definition) is 3. The predicted molar refractivity (Wildman–Crippen MR) is 64.0 cm³/mol. The number of nitrogens with two attached hydrogens (primary N) is 1. The van der Waals surface area contributed by atoms with E-state index in [0.29, 0.717) is 19.0 Å². The molecule has 16 heavy (non-hydrogen) atoms. The van der Waals surface area contributed by atoms with Gasteiger partial charge >= 0.3 is 0 Å². The largest absolute Gasteiger partial charge is 0.376 e. The van der Waals surface area contributed by atoms with Gasteiger partial charge in [0, 0.05) is 26.7 Å². The average molecular weight is 228 g/mol. The van der Waals surface area contributed by atoms with Gasteiger partial charge in [0.25, 0.3) is 0 Å². The molecule has 94 valence electrons. The molecule has 1 amide bonds. The van der Waals surface area contributed by atoms with E-state index in [1.165, 1.54) is 0 Å². The van der Waals surface area contributed by atoms with Crippen LogP contribution >= 0.6 is 0 Å². The average Bonchev–Trinajstić information content (AvgIpc) is 2.70. The zero-order chi connectivity index (χ0) is 12.1. The quantitative estimate of drug-likeness (QED) is 0.759. The van der Waals surface area contributed by atoms with E-state index < -0.39 is 0 Å². The van der Waals surface area contributed by atoms with E-state index in [0.717, 1.165) is 19.4 Å². The fourth-order valence-corrected chi connectivity index (χ4v) is 2.12. The zero-order valence-corrected chi connectivity index (χ0v) is 10.6. The lowest BCUT2D eigenvalue weighted by atomic mass is 9.94. The van der Waals surface area contributed by atoms with Crippen molar-refractivity contribution in [2.24, 2.45) is 17.6 Å². The van der Waals surface area contributed by atoms with E-state index in [9.17, 15) is 4.79 Å². The first kappa shape index (κ1) is 13.5. The third-order valence-electron chi connectivity index (χ3n) is 3.25. The van der Waals surface area contributed by atoms with Crippen molar-refractivity contribution in [1.82, 2.24) is 4.90 Å². The van der Waals surface area contributed by atoms with Crippen LogP contribution in [0.2, 0.25) is 0 Å². The van der Waals surface area contributed by atoms with Crippen LogP contribution in [-0.2, 0) is 9.53 Å². The number of carbonyl (C=O) groups excluding carboxylic acids is 1. The van der Waals surface area contributed by atoms with Crippen molar-refractivity contribution in [2.45, 2.75) is 32.8 Å². The molecule has 0 saturated carbocycles. The normalized spacial score (nSPS) is 22.4. The predicted octanol–water partition coefficient (Wildman–Crippen LogP) is 0.855. The molecule has 1 saturated heterocycles. The minimum atomic E-state index is -0.0635. The first-order chi connectivity index (χ1) is 7.56. The summed E-state index contributed by atoms with van der Waals surface area (Å²) in [6, 6.07) is 0. The Morgan fingerprint density at radius 2 is 2.25 bits per heavy atom. The van der Waals surface area contributed by atoms with Crippen molar-refractivity contribution in [3.8, 4) is 0 Å². The molecule has 0 aromatic heterocycles. The number of ether oxygens (including phenoxy) is 1. The lowest BCUT2D eigenvalue weighted by Gasteiger charge is -2.27. The SMILES string of the molecule is CC(C)C(CN)C(=O)N(C)CC1CCCO1. The summed E-state index contributed by atoms with van der Waals surface area (Å²) in [5, 5.41) is 0. The highest BCUT2D eigenvalue weighted by molar-refractivity contribution is 5.79. The highest BCUT2D eigenvalue weighted by Gasteiger charge is 2.26. The summed E-state index contributed by atoms with van der Waals surface area (Å²) in [5.41, 5.74) is 5.64. The number of nitrogens with zero attached hydrogens (tertiary/aromatic N) is 1. The first-order valence-corrected chi connectivity index (χ1v) is 6.13. The third-order valence-corrected chi connectivity index (χ3v) is 3.25. The van der Waals surface area contributed by atoms with Crippen LogP contribution in [0.1, 0.15) is 26.7 Å². The van der Waals surface area contributed by atoms with Gasteiger partial charge in [0.05, 0.1) is 12.0 Å². The first-order valence-electron chi connectivity index (χ1n) is 6.13.